The van der Waals surface area contributed by atoms with Crippen LogP contribution in [-0.4, -0.2) is 11.2 Å². The SMILES string of the molecule is CC(SCc1ccccc1)C(=O)NCc1cccs1. The third-order valence-electron chi connectivity index (χ3n) is 2.73. The number of benzene rings is 1. The highest BCUT2D eigenvalue weighted by Crippen LogP contribution is 2.17. The normalized spacial score (nSPS) is 12.1. The molecule has 1 heterocycles. The summed E-state index contributed by atoms with van der Waals surface area (Å²) >= 11 is 3.33. The van der Waals surface area contributed by atoms with Crippen molar-refractivity contribution >= 4 is 29.0 Å². The second-order valence-corrected chi connectivity index (χ2v) is 6.60. The molecular formula is C15H17NOS2. The van der Waals surface area contributed by atoms with Gasteiger partial charge in [0, 0.05) is 10.6 Å². The van der Waals surface area contributed by atoms with Gasteiger partial charge in [-0.05, 0) is 23.9 Å². The Hall–Kier alpha value is -1.26. The highest BCUT2D eigenvalue weighted by molar-refractivity contribution is 7.99. The molecule has 0 radical (unpaired) electrons. The minimum atomic E-state index is -0.0276. The van der Waals surface area contributed by atoms with Crippen LogP contribution in [0, 0.1) is 0 Å². The average Bonchev–Trinajstić information content (AvgIpc) is 2.96. The summed E-state index contributed by atoms with van der Waals surface area (Å²) in [6.45, 7) is 2.59. The van der Waals surface area contributed by atoms with Crippen molar-refractivity contribution < 1.29 is 4.79 Å². The zero-order valence-electron chi connectivity index (χ0n) is 10.8. The zero-order valence-corrected chi connectivity index (χ0v) is 12.5. The Morgan fingerprint density at radius 3 is 2.74 bits per heavy atom. The molecule has 1 N–H and O–H groups in total. The largest absolute Gasteiger partial charge is 0.350 e. The molecule has 1 aromatic carbocycles. The first-order valence-electron chi connectivity index (χ1n) is 6.21. The minimum Gasteiger partial charge on any atom is -0.350 e. The number of hydrogen-bond acceptors (Lipinski definition) is 3. The first-order valence-corrected chi connectivity index (χ1v) is 8.14. The lowest BCUT2D eigenvalue weighted by atomic mass is 10.2. The molecule has 2 nitrogen and oxygen atoms in total. The van der Waals surface area contributed by atoms with E-state index in [1.807, 2.05) is 42.6 Å². The Bertz CT molecular complexity index is 496. The van der Waals surface area contributed by atoms with Gasteiger partial charge in [0.25, 0.3) is 0 Å². The third kappa shape index (κ3) is 4.73. The molecule has 0 aliphatic carbocycles. The lowest BCUT2D eigenvalue weighted by Crippen LogP contribution is -2.30. The van der Waals surface area contributed by atoms with Gasteiger partial charge < -0.3 is 5.32 Å². The fourth-order valence-electron chi connectivity index (χ4n) is 1.60. The first-order chi connectivity index (χ1) is 9.25. The van der Waals surface area contributed by atoms with E-state index in [9.17, 15) is 4.79 Å². The number of carbonyl (C=O) groups is 1. The Balaban J connectivity index is 1.73. The molecule has 0 bridgehead atoms. The van der Waals surface area contributed by atoms with Gasteiger partial charge in [-0.3, -0.25) is 4.79 Å². The lowest BCUT2D eigenvalue weighted by molar-refractivity contribution is -0.120. The van der Waals surface area contributed by atoms with Gasteiger partial charge in [0.2, 0.25) is 5.91 Å². The molecule has 0 aliphatic rings. The molecule has 1 atom stereocenters. The Morgan fingerprint density at radius 1 is 1.26 bits per heavy atom. The number of thiophene rings is 1. The average molecular weight is 291 g/mol. The number of thioether (sulfide) groups is 1. The van der Waals surface area contributed by atoms with Gasteiger partial charge >= 0.3 is 0 Å². The molecule has 0 spiro atoms. The summed E-state index contributed by atoms with van der Waals surface area (Å²) in [6, 6.07) is 14.3. The van der Waals surface area contributed by atoms with Gasteiger partial charge in [-0.25, -0.2) is 0 Å². The molecule has 2 rings (SSSR count). The van der Waals surface area contributed by atoms with Crippen LogP contribution < -0.4 is 5.32 Å². The predicted molar refractivity (Wildman–Crippen MR) is 83.4 cm³/mol. The van der Waals surface area contributed by atoms with Gasteiger partial charge in [-0.15, -0.1) is 23.1 Å². The second kappa shape index (κ2) is 7.36. The molecule has 100 valence electrons. The molecule has 1 amide bonds. The van der Waals surface area contributed by atoms with Crippen molar-refractivity contribution in [3.63, 3.8) is 0 Å². The standard InChI is InChI=1S/C15H17NOS2/c1-12(19-11-13-6-3-2-4-7-13)15(17)16-10-14-8-5-9-18-14/h2-9,12H,10-11H2,1H3,(H,16,17). The fraction of sp³-hybridized carbons (Fsp3) is 0.267. The lowest BCUT2D eigenvalue weighted by Gasteiger charge is -2.11. The number of rotatable bonds is 6. The molecule has 19 heavy (non-hydrogen) atoms. The fourth-order valence-corrected chi connectivity index (χ4v) is 3.12. The molecule has 1 aromatic heterocycles. The van der Waals surface area contributed by atoms with Crippen LogP contribution in [-0.2, 0) is 17.1 Å². The van der Waals surface area contributed by atoms with Crippen LogP contribution in [0.25, 0.3) is 0 Å². The maximum atomic E-state index is 11.9. The number of nitrogens with one attached hydrogen (secondary N) is 1. The van der Waals surface area contributed by atoms with Crippen LogP contribution in [0.4, 0.5) is 0 Å². The Labute approximate surface area is 122 Å². The van der Waals surface area contributed by atoms with E-state index in [4.69, 9.17) is 0 Å². The van der Waals surface area contributed by atoms with Crippen LogP contribution in [0.5, 0.6) is 0 Å². The molecule has 4 heteroatoms. The quantitative estimate of drug-likeness (QED) is 0.879. The van der Waals surface area contributed by atoms with Gasteiger partial charge in [0.1, 0.15) is 0 Å². The van der Waals surface area contributed by atoms with Crippen molar-refractivity contribution in [2.24, 2.45) is 0 Å². The molecule has 0 saturated carbocycles. The van der Waals surface area contributed by atoms with Crippen molar-refractivity contribution in [2.75, 3.05) is 0 Å². The maximum Gasteiger partial charge on any atom is 0.233 e. The molecule has 2 aromatic rings. The summed E-state index contributed by atoms with van der Waals surface area (Å²) in [5, 5.41) is 4.97. The zero-order chi connectivity index (χ0) is 13.5. The predicted octanol–water partition coefficient (Wildman–Crippen LogP) is 3.69. The van der Waals surface area contributed by atoms with Gasteiger partial charge in [-0.2, -0.15) is 0 Å². The molecular weight excluding hydrogens is 274 g/mol. The second-order valence-electron chi connectivity index (χ2n) is 4.24. The first kappa shape index (κ1) is 14.2. The van der Waals surface area contributed by atoms with Gasteiger partial charge in [-0.1, -0.05) is 36.4 Å². The van der Waals surface area contributed by atoms with Crippen molar-refractivity contribution in [3.05, 3.63) is 58.3 Å². The molecule has 0 saturated heterocycles. The van der Waals surface area contributed by atoms with Gasteiger partial charge in [0.05, 0.1) is 11.8 Å². The number of amides is 1. The van der Waals surface area contributed by atoms with Crippen LogP contribution in [0.1, 0.15) is 17.4 Å². The van der Waals surface area contributed by atoms with Crippen molar-refractivity contribution in [1.82, 2.24) is 5.32 Å². The Morgan fingerprint density at radius 2 is 2.05 bits per heavy atom. The summed E-state index contributed by atoms with van der Waals surface area (Å²) in [5.41, 5.74) is 1.26. The van der Waals surface area contributed by atoms with E-state index in [1.54, 1.807) is 23.1 Å². The van der Waals surface area contributed by atoms with Crippen molar-refractivity contribution in [2.45, 2.75) is 24.5 Å². The van der Waals surface area contributed by atoms with E-state index >= 15 is 0 Å². The maximum absolute atomic E-state index is 11.9. The highest BCUT2D eigenvalue weighted by atomic mass is 32.2. The van der Waals surface area contributed by atoms with Crippen LogP contribution in [0.15, 0.2) is 47.8 Å². The number of hydrogen-bond donors (Lipinski definition) is 1. The van der Waals surface area contributed by atoms with E-state index < -0.39 is 0 Å². The minimum absolute atomic E-state index is 0.0276. The van der Waals surface area contributed by atoms with Crippen molar-refractivity contribution in [1.29, 1.82) is 0 Å². The summed E-state index contributed by atoms with van der Waals surface area (Å²) < 4.78 is 0. The van der Waals surface area contributed by atoms with Gasteiger partial charge in [0.15, 0.2) is 0 Å². The third-order valence-corrected chi connectivity index (χ3v) is 4.82. The summed E-state index contributed by atoms with van der Waals surface area (Å²) in [7, 11) is 0. The van der Waals surface area contributed by atoms with E-state index in [0.29, 0.717) is 6.54 Å². The topological polar surface area (TPSA) is 29.1 Å². The van der Waals surface area contributed by atoms with E-state index in [2.05, 4.69) is 17.4 Å². The van der Waals surface area contributed by atoms with Crippen LogP contribution in [0.2, 0.25) is 0 Å². The van der Waals surface area contributed by atoms with Crippen LogP contribution in [0.3, 0.4) is 0 Å². The summed E-state index contributed by atoms with van der Waals surface area (Å²) in [4.78, 5) is 13.1. The van der Waals surface area contributed by atoms with E-state index in [0.717, 1.165) is 5.75 Å². The molecule has 0 fully saturated rings. The summed E-state index contributed by atoms with van der Waals surface area (Å²) in [6.07, 6.45) is 0. The Kier molecular flexibility index (Phi) is 5.48. The van der Waals surface area contributed by atoms with E-state index in [-0.39, 0.29) is 11.2 Å². The summed E-state index contributed by atoms with van der Waals surface area (Å²) in [5.74, 6) is 0.975. The van der Waals surface area contributed by atoms with Crippen LogP contribution >= 0.6 is 23.1 Å². The monoisotopic (exact) mass is 291 g/mol. The highest BCUT2D eigenvalue weighted by Gasteiger charge is 2.12. The molecule has 1 unspecified atom stereocenters. The number of carbonyl (C=O) groups excluding carboxylic acids is 1. The van der Waals surface area contributed by atoms with E-state index in [1.165, 1.54) is 10.4 Å². The smallest absolute Gasteiger partial charge is 0.233 e. The van der Waals surface area contributed by atoms with Crippen molar-refractivity contribution in [3.8, 4) is 0 Å². The molecule has 0 aliphatic heterocycles.